The number of hydrogen-bond donors (Lipinski definition) is 1. The zero-order valence-corrected chi connectivity index (χ0v) is 15.3. The van der Waals surface area contributed by atoms with Crippen LogP contribution in [-0.2, 0) is 16.0 Å². The number of likely N-dealkylation sites (tertiary alicyclic amines) is 1. The van der Waals surface area contributed by atoms with E-state index >= 15 is 0 Å². The van der Waals surface area contributed by atoms with Gasteiger partial charge in [0, 0.05) is 32.0 Å². The maximum absolute atomic E-state index is 11.9. The molecule has 0 atom stereocenters. The Morgan fingerprint density at radius 1 is 1.22 bits per heavy atom. The molecule has 1 aliphatic rings. The van der Waals surface area contributed by atoms with E-state index in [0.717, 1.165) is 38.0 Å². The van der Waals surface area contributed by atoms with Crippen molar-refractivity contribution in [2.24, 2.45) is 5.92 Å². The molecule has 1 aromatic heterocycles. The lowest BCUT2D eigenvalue weighted by Gasteiger charge is -2.31. The van der Waals surface area contributed by atoms with E-state index in [9.17, 15) is 14.7 Å². The highest BCUT2D eigenvalue weighted by Gasteiger charge is 2.23. The predicted octanol–water partition coefficient (Wildman–Crippen LogP) is 2.27. The van der Waals surface area contributed by atoms with Crippen molar-refractivity contribution in [3.63, 3.8) is 0 Å². The largest absolute Gasteiger partial charge is 0.478 e. The van der Waals surface area contributed by atoms with Crippen molar-refractivity contribution in [1.29, 1.82) is 0 Å². The summed E-state index contributed by atoms with van der Waals surface area (Å²) < 4.78 is 4.91. The molecule has 0 saturated carbocycles. The molecule has 0 spiro atoms. The lowest BCUT2D eigenvalue weighted by Crippen LogP contribution is -2.40. The zero-order chi connectivity index (χ0) is 19.2. The Bertz CT molecular complexity index is 816. The van der Waals surface area contributed by atoms with Gasteiger partial charge in [-0.1, -0.05) is 18.2 Å². The van der Waals surface area contributed by atoms with E-state index in [1.165, 1.54) is 7.11 Å². The molecular formula is C20H23N3O4. The number of benzene rings is 1. The van der Waals surface area contributed by atoms with Crippen molar-refractivity contribution >= 4 is 11.9 Å². The maximum Gasteiger partial charge on any atom is 0.336 e. The average molecular weight is 369 g/mol. The van der Waals surface area contributed by atoms with Crippen LogP contribution in [-0.4, -0.2) is 58.7 Å². The first-order valence-electron chi connectivity index (χ1n) is 8.99. The molecule has 7 heteroatoms. The number of ether oxygens (including phenoxy) is 1. The van der Waals surface area contributed by atoms with E-state index in [-0.39, 0.29) is 18.1 Å². The van der Waals surface area contributed by atoms with Gasteiger partial charge in [-0.2, -0.15) is 0 Å². The summed E-state index contributed by atoms with van der Waals surface area (Å²) in [6, 6.07) is 6.81. The van der Waals surface area contributed by atoms with Gasteiger partial charge in [-0.15, -0.1) is 0 Å². The lowest BCUT2D eigenvalue weighted by atomic mass is 9.92. The predicted molar refractivity (Wildman–Crippen MR) is 99.3 cm³/mol. The SMILES string of the molecule is COCC(=O)N1CCC(Cc2cncc(-c3ccccc3C(=O)O)n2)CC1. The number of hydrogen-bond acceptors (Lipinski definition) is 5. The van der Waals surface area contributed by atoms with E-state index in [0.29, 0.717) is 17.2 Å². The molecule has 3 rings (SSSR count). The van der Waals surface area contributed by atoms with Gasteiger partial charge in [0.25, 0.3) is 0 Å². The molecule has 1 fully saturated rings. The molecular weight excluding hydrogens is 346 g/mol. The van der Waals surface area contributed by atoms with E-state index < -0.39 is 5.97 Å². The average Bonchev–Trinajstić information content (AvgIpc) is 2.69. The zero-order valence-electron chi connectivity index (χ0n) is 15.3. The second-order valence-corrected chi connectivity index (χ2v) is 6.71. The second kappa shape index (κ2) is 8.73. The van der Waals surface area contributed by atoms with Crippen molar-refractivity contribution in [3.8, 4) is 11.3 Å². The van der Waals surface area contributed by atoms with E-state index in [2.05, 4.69) is 9.97 Å². The number of piperidine rings is 1. The smallest absolute Gasteiger partial charge is 0.336 e. The summed E-state index contributed by atoms with van der Waals surface area (Å²) >= 11 is 0. The minimum absolute atomic E-state index is 0.0306. The molecule has 0 unspecified atom stereocenters. The van der Waals surface area contributed by atoms with Gasteiger partial charge in [0.2, 0.25) is 5.91 Å². The van der Waals surface area contributed by atoms with Gasteiger partial charge in [0.05, 0.1) is 23.1 Å². The van der Waals surface area contributed by atoms with Gasteiger partial charge in [-0.05, 0) is 31.2 Å². The van der Waals surface area contributed by atoms with Crippen molar-refractivity contribution in [2.45, 2.75) is 19.3 Å². The number of carboxylic acid groups (broad SMARTS) is 1. The van der Waals surface area contributed by atoms with Crippen LogP contribution in [0.1, 0.15) is 28.9 Å². The number of rotatable bonds is 6. The highest BCUT2D eigenvalue weighted by atomic mass is 16.5. The summed E-state index contributed by atoms with van der Waals surface area (Å²) in [5.74, 6) is -0.523. The van der Waals surface area contributed by atoms with Crippen LogP contribution in [0.15, 0.2) is 36.7 Å². The second-order valence-electron chi connectivity index (χ2n) is 6.71. The van der Waals surface area contributed by atoms with Crippen molar-refractivity contribution < 1.29 is 19.4 Å². The Hall–Kier alpha value is -2.80. The van der Waals surface area contributed by atoms with Crippen molar-refractivity contribution in [3.05, 3.63) is 47.9 Å². The van der Waals surface area contributed by atoms with Crippen LogP contribution >= 0.6 is 0 Å². The third-order valence-electron chi connectivity index (χ3n) is 4.85. The molecule has 1 aliphatic heterocycles. The summed E-state index contributed by atoms with van der Waals surface area (Å²) in [5.41, 5.74) is 2.20. The minimum Gasteiger partial charge on any atom is -0.478 e. The Morgan fingerprint density at radius 3 is 2.67 bits per heavy atom. The van der Waals surface area contributed by atoms with Gasteiger partial charge < -0.3 is 14.7 Å². The molecule has 1 amide bonds. The summed E-state index contributed by atoms with van der Waals surface area (Å²) in [5, 5.41) is 9.38. The number of amides is 1. The molecule has 2 aromatic rings. The number of carboxylic acids is 1. The molecule has 1 aromatic carbocycles. The first-order chi connectivity index (χ1) is 13.1. The Kier molecular flexibility index (Phi) is 6.13. The molecule has 1 N–H and O–H groups in total. The van der Waals surface area contributed by atoms with Gasteiger partial charge in [-0.3, -0.25) is 9.78 Å². The first-order valence-corrected chi connectivity index (χ1v) is 8.99. The molecule has 27 heavy (non-hydrogen) atoms. The highest BCUT2D eigenvalue weighted by molar-refractivity contribution is 5.95. The summed E-state index contributed by atoms with van der Waals surface area (Å²) in [4.78, 5) is 34.1. The molecule has 2 heterocycles. The molecule has 0 radical (unpaired) electrons. The topological polar surface area (TPSA) is 92.6 Å². The first kappa shape index (κ1) is 19.0. The number of aromatic carboxylic acids is 1. The van der Waals surface area contributed by atoms with Gasteiger partial charge in [0.1, 0.15) is 6.61 Å². The third kappa shape index (κ3) is 4.68. The quantitative estimate of drug-likeness (QED) is 0.840. The third-order valence-corrected chi connectivity index (χ3v) is 4.85. The van der Waals surface area contributed by atoms with E-state index in [1.807, 2.05) is 4.90 Å². The number of methoxy groups -OCH3 is 1. The fraction of sp³-hybridized carbons (Fsp3) is 0.400. The highest BCUT2D eigenvalue weighted by Crippen LogP contribution is 2.24. The van der Waals surface area contributed by atoms with Gasteiger partial charge >= 0.3 is 5.97 Å². The fourth-order valence-electron chi connectivity index (χ4n) is 3.42. The van der Waals surface area contributed by atoms with E-state index in [1.54, 1.807) is 36.7 Å². The van der Waals surface area contributed by atoms with Gasteiger partial charge in [0.15, 0.2) is 0 Å². The number of carbonyl (C=O) groups is 2. The summed E-state index contributed by atoms with van der Waals surface area (Å²) in [7, 11) is 1.53. The Morgan fingerprint density at radius 2 is 1.96 bits per heavy atom. The lowest BCUT2D eigenvalue weighted by molar-refractivity contribution is -0.136. The Balaban J connectivity index is 1.68. The molecule has 142 valence electrons. The molecule has 1 saturated heterocycles. The molecule has 0 bridgehead atoms. The normalized spacial score (nSPS) is 14.9. The fourth-order valence-corrected chi connectivity index (χ4v) is 3.42. The maximum atomic E-state index is 11.9. The summed E-state index contributed by atoms with van der Waals surface area (Å²) in [6.45, 7) is 1.57. The van der Waals surface area contributed by atoms with Crippen LogP contribution in [0.5, 0.6) is 0 Å². The van der Waals surface area contributed by atoms with Crippen LogP contribution in [0.2, 0.25) is 0 Å². The molecule has 7 nitrogen and oxygen atoms in total. The van der Waals surface area contributed by atoms with E-state index in [4.69, 9.17) is 4.74 Å². The van der Waals surface area contributed by atoms with Crippen molar-refractivity contribution in [2.75, 3.05) is 26.8 Å². The molecule has 0 aliphatic carbocycles. The van der Waals surface area contributed by atoms with Crippen LogP contribution < -0.4 is 0 Å². The van der Waals surface area contributed by atoms with Crippen molar-refractivity contribution in [1.82, 2.24) is 14.9 Å². The van der Waals surface area contributed by atoms with Crippen LogP contribution in [0.3, 0.4) is 0 Å². The Labute approximate surface area is 158 Å². The number of aromatic nitrogens is 2. The minimum atomic E-state index is -0.981. The van der Waals surface area contributed by atoms with Gasteiger partial charge in [-0.25, -0.2) is 9.78 Å². The van der Waals surface area contributed by atoms with Crippen LogP contribution in [0, 0.1) is 5.92 Å². The summed E-state index contributed by atoms with van der Waals surface area (Å²) in [6.07, 6.45) is 5.91. The standard InChI is InChI=1S/C20H23N3O4/c1-27-13-19(24)23-8-6-14(7-9-23)10-15-11-21-12-18(22-15)16-4-2-3-5-17(16)20(25)26/h2-5,11-12,14H,6-10,13H2,1H3,(H,25,26). The van der Waals surface area contributed by atoms with Crippen LogP contribution in [0.25, 0.3) is 11.3 Å². The monoisotopic (exact) mass is 369 g/mol. The number of nitrogens with zero attached hydrogens (tertiary/aromatic N) is 3. The van der Waals surface area contributed by atoms with Crippen LogP contribution in [0.4, 0.5) is 0 Å². The number of carbonyl (C=O) groups excluding carboxylic acids is 1.